The molecule has 3 heterocycles. The maximum absolute atomic E-state index is 14.8. The standard InChI is InChI=1S/C36H43N3O3S/c1-7-25-13-12-14-26(8-2)33(25)39-31(21-23(3)4)29(35(40)38-19-10-9-11-20-38)22-30(36(39)41)34-37-32(24(5)43-34)27-15-17-28(42-6)18-16-27/h12-18,22-23H,7-11,19-21H2,1-6H3. The number of piperidine rings is 1. The van der Waals surface area contributed by atoms with Gasteiger partial charge in [-0.15, -0.1) is 11.3 Å². The van der Waals surface area contributed by atoms with Crippen LogP contribution in [-0.2, 0) is 19.3 Å². The van der Waals surface area contributed by atoms with Gasteiger partial charge in [0.1, 0.15) is 10.8 Å². The van der Waals surface area contributed by atoms with Crippen molar-refractivity contribution in [2.45, 2.75) is 73.1 Å². The smallest absolute Gasteiger partial charge is 0.265 e. The van der Waals surface area contributed by atoms with Crippen molar-refractivity contribution in [3.05, 3.63) is 86.1 Å². The lowest BCUT2D eigenvalue weighted by Gasteiger charge is -2.29. The third-order valence-corrected chi connectivity index (χ3v) is 9.36. The van der Waals surface area contributed by atoms with Gasteiger partial charge >= 0.3 is 0 Å². The molecule has 7 heteroatoms. The van der Waals surface area contributed by atoms with E-state index in [9.17, 15) is 9.59 Å². The molecule has 1 amide bonds. The molecule has 226 valence electrons. The van der Waals surface area contributed by atoms with Crippen molar-refractivity contribution in [1.82, 2.24) is 14.5 Å². The van der Waals surface area contributed by atoms with E-state index in [-0.39, 0.29) is 17.4 Å². The molecule has 0 atom stereocenters. The number of aryl methyl sites for hydroxylation is 3. The number of amides is 1. The highest BCUT2D eigenvalue weighted by Gasteiger charge is 2.28. The first kappa shape index (κ1) is 30.7. The van der Waals surface area contributed by atoms with Crippen molar-refractivity contribution < 1.29 is 9.53 Å². The zero-order valence-electron chi connectivity index (χ0n) is 26.3. The molecule has 4 aromatic rings. The van der Waals surface area contributed by atoms with Gasteiger partial charge in [-0.25, -0.2) is 4.98 Å². The first-order valence-corrected chi connectivity index (χ1v) is 16.4. The molecule has 0 aliphatic carbocycles. The largest absolute Gasteiger partial charge is 0.497 e. The number of carbonyl (C=O) groups is 1. The third-order valence-electron chi connectivity index (χ3n) is 8.36. The molecule has 2 aromatic heterocycles. The summed E-state index contributed by atoms with van der Waals surface area (Å²) in [4.78, 5) is 37.1. The van der Waals surface area contributed by atoms with E-state index >= 15 is 0 Å². The Labute approximate surface area is 259 Å². The quantitative estimate of drug-likeness (QED) is 0.197. The van der Waals surface area contributed by atoms with E-state index in [0.717, 1.165) is 89.6 Å². The Hall–Kier alpha value is -3.71. The van der Waals surface area contributed by atoms with Gasteiger partial charge in [0.05, 0.1) is 29.6 Å². The van der Waals surface area contributed by atoms with E-state index in [2.05, 4.69) is 45.9 Å². The number of benzene rings is 2. The number of hydrogen-bond acceptors (Lipinski definition) is 5. The Balaban J connectivity index is 1.81. The fourth-order valence-electron chi connectivity index (χ4n) is 6.11. The first-order chi connectivity index (χ1) is 20.8. The average Bonchev–Trinajstić information content (AvgIpc) is 3.41. The average molecular weight is 598 g/mol. The van der Waals surface area contributed by atoms with Crippen LogP contribution in [0.25, 0.3) is 27.5 Å². The minimum Gasteiger partial charge on any atom is -0.497 e. The van der Waals surface area contributed by atoms with Crippen LogP contribution in [0.5, 0.6) is 5.75 Å². The van der Waals surface area contributed by atoms with Crippen molar-refractivity contribution >= 4 is 17.2 Å². The highest BCUT2D eigenvalue weighted by molar-refractivity contribution is 7.15. The number of nitrogens with zero attached hydrogens (tertiary/aromatic N) is 3. The summed E-state index contributed by atoms with van der Waals surface area (Å²) in [6, 6.07) is 16.0. The number of thiazole rings is 1. The van der Waals surface area contributed by atoms with Gasteiger partial charge in [-0.05, 0) is 92.8 Å². The second kappa shape index (κ2) is 13.3. The predicted octanol–water partition coefficient (Wildman–Crippen LogP) is 7.89. The third kappa shape index (κ3) is 6.19. The normalized spacial score (nSPS) is 13.5. The first-order valence-electron chi connectivity index (χ1n) is 15.6. The number of para-hydroxylation sites is 1. The lowest BCUT2D eigenvalue weighted by Crippen LogP contribution is -2.38. The summed E-state index contributed by atoms with van der Waals surface area (Å²) in [7, 11) is 1.65. The molecule has 5 rings (SSSR count). The number of likely N-dealkylation sites (tertiary alicyclic amines) is 1. The second-order valence-electron chi connectivity index (χ2n) is 11.8. The van der Waals surface area contributed by atoms with Crippen molar-refractivity contribution in [2.75, 3.05) is 20.2 Å². The fraction of sp³-hybridized carbons (Fsp3) is 0.417. The van der Waals surface area contributed by atoms with Crippen LogP contribution in [0.3, 0.4) is 0 Å². The molecular weight excluding hydrogens is 554 g/mol. The van der Waals surface area contributed by atoms with Crippen molar-refractivity contribution in [1.29, 1.82) is 0 Å². The van der Waals surface area contributed by atoms with Crippen molar-refractivity contribution in [3.8, 4) is 33.3 Å². The van der Waals surface area contributed by atoms with Crippen molar-refractivity contribution in [3.63, 3.8) is 0 Å². The molecule has 0 bridgehead atoms. The van der Waals surface area contributed by atoms with Gasteiger partial charge in [-0.1, -0.05) is 45.9 Å². The molecule has 0 unspecified atom stereocenters. The minimum absolute atomic E-state index is 0.0148. The molecule has 0 saturated carbocycles. The topological polar surface area (TPSA) is 64.4 Å². The molecular formula is C36H43N3O3S. The zero-order valence-corrected chi connectivity index (χ0v) is 27.1. The van der Waals surface area contributed by atoms with Crippen LogP contribution >= 0.6 is 11.3 Å². The molecule has 1 fully saturated rings. The van der Waals surface area contributed by atoms with E-state index in [1.807, 2.05) is 46.7 Å². The predicted molar refractivity (Wildman–Crippen MR) is 177 cm³/mol. The summed E-state index contributed by atoms with van der Waals surface area (Å²) in [6.07, 6.45) is 5.35. The monoisotopic (exact) mass is 597 g/mol. The Kier molecular flexibility index (Phi) is 9.50. The Bertz CT molecular complexity index is 1640. The highest BCUT2D eigenvalue weighted by Crippen LogP contribution is 2.35. The van der Waals surface area contributed by atoms with Gasteiger partial charge in [0.2, 0.25) is 0 Å². The summed E-state index contributed by atoms with van der Waals surface area (Å²) in [5.41, 5.74) is 6.73. The molecule has 2 aromatic carbocycles. The molecule has 1 aliphatic heterocycles. The van der Waals surface area contributed by atoms with Gasteiger partial charge in [-0.2, -0.15) is 0 Å². The van der Waals surface area contributed by atoms with E-state index in [1.54, 1.807) is 7.11 Å². The van der Waals surface area contributed by atoms with Crippen LogP contribution in [-0.4, -0.2) is 40.6 Å². The fourth-order valence-corrected chi connectivity index (χ4v) is 7.06. The van der Waals surface area contributed by atoms with Gasteiger partial charge in [0, 0.05) is 29.2 Å². The SMILES string of the molecule is CCc1cccc(CC)c1-n1c(CC(C)C)c(C(=O)N2CCCCC2)cc(-c2nc(-c3ccc(OC)cc3)c(C)s2)c1=O. The van der Waals surface area contributed by atoms with Crippen LogP contribution in [0.15, 0.2) is 53.3 Å². The molecule has 1 aliphatic rings. The number of ether oxygens (including phenoxy) is 1. The van der Waals surface area contributed by atoms with E-state index < -0.39 is 0 Å². The van der Waals surface area contributed by atoms with Crippen molar-refractivity contribution in [2.24, 2.45) is 5.92 Å². The van der Waals surface area contributed by atoms with Gasteiger partial charge in [0.15, 0.2) is 0 Å². The van der Waals surface area contributed by atoms with Crippen LogP contribution in [0.2, 0.25) is 0 Å². The van der Waals surface area contributed by atoms with Crippen LogP contribution in [0, 0.1) is 12.8 Å². The number of carbonyl (C=O) groups excluding carboxylic acids is 1. The van der Waals surface area contributed by atoms with Gasteiger partial charge in [0.25, 0.3) is 11.5 Å². The maximum Gasteiger partial charge on any atom is 0.265 e. The number of hydrogen-bond donors (Lipinski definition) is 0. The second-order valence-corrected chi connectivity index (χ2v) is 13.0. The molecule has 0 N–H and O–H groups in total. The number of methoxy groups -OCH3 is 1. The summed E-state index contributed by atoms with van der Waals surface area (Å²) in [5, 5.41) is 0.637. The summed E-state index contributed by atoms with van der Waals surface area (Å²) < 4.78 is 7.23. The zero-order chi connectivity index (χ0) is 30.7. The van der Waals surface area contributed by atoms with E-state index in [4.69, 9.17) is 9.72 Å². The summed E-state index contributed by atoms with van der Waals surface area (Å²) in [6.45, 7) is 12.1. The van der Waals surface area contributed by atoms with E-state index in [1.165, 1.54) is 11.3 Å². The molecule has 1 saturated heterocycles. The minimum atomic E-state index is -0.114. The number of rotatable bonds is 9. The molecule has 6 nitrogen and oxygen atoms in total. The lowest BCUT2D eigenvalue weighted by molar-refractivity contribution is 0.0722. The molecule has 43 heavy (non-hydrogen) atoms. The summed E-state index contributed by atoms with van der Waals surface area (Å²) >= 11 is 1.51. The Morgan fingerprint density at radius 3 is 2.23 bits per heavy atom. The van der Waals surface area contributed by atoms with Crippen LogP contribution in [0.4, 0.5) is 0 Å². The van der Waals surface area contributed by atoms with Gasteiger partial charge in [-0.3, -0.25) is 14.2 Å². The maximum atomic E-state index is 14.8. The summed E-state index contributed by atoms with van der Waals surface area (Å²) in [5.74, 6) is 1.05. The lowest BCUT2D eigenvalue weighted by atomic mass is 9.96. The van der Waals surface area contributed by atoms with Crippen LogP contribution < -0.4 is 10.3 Å². The highest BCUT2D eigenvalue weighted by atomic mass is 32.1. The molecule has 0 radical (unpaired) electrons. The molecule has 0 spiro atoms. The van der Waals surface area contributed by atoms with Crippen LogP contribution in [0.1, 0.15) is 79.0 Å². The van der Waals surface area contributed by atoms with E-state index in [0.29, 0.717) is 22.6 Å². The van der Waals surface area contributed by atoms with Gasteiger partial charge < -0.3 is 9.64 Å². The Morgan fingerprint density at radius 1 is 1.00 bits per heavy atom. The Morgan fingerprint density at radius 2 is 1.65 bits per heavy atom. The number of aromatic nitrogens is 2. The number of pyridine rings is 1.